The Balaban J connectivity index is 2.48. The molecule has 43 heavy (non-hydrogen) atoms. The summed E-state index contributed by atoms with van der Waals surface area (Å²) in [6.45, 7) is 6.56. The summed E-state index contributed by atoms with van der Waals surface area (Å²) in [6.07, 6.45) is 3.12. The number of nitrogens with zero attached hydrogens (tertiary/aromatic N) is 1. The Morgan fingerprint density at radius 2 is 1.86 bits per heavy atom. The molecule has 1 aromatic rings. The molecule has 0 aromatic heterocycles. The Morgan fingerprint density at radius 1 is 1.16 bits per heavy atom. The maximum Gasteiger partial charge on any atom is 0.379 e. The van der Waals surface area contributed by atoms with Crippen molar-refractivity contribution in [1.82, 2.24) is 0 Å². The smallest absolute Gasteiger partial charge is 0.379 e. The molecule has 0 radical (unpaired) electrons. The van der Waals surface area contributed by atoms with E-state index in [4.69, 9.17) is 9.84 Å². The Kier molecular flexibility index (Phi) is 13.7. The lowest BCUT2D eigenvalue weighted by Gasteiger charge is -2.32. The van der Waals surface area contributed by atoms with Gasteiger partial charge in [-0.3, -0.25) is 9.59 Å². The van der Waals surface area contributed by atoms with E-state index in [0.717, 1.165) is 12.0 Å². The molecule has 4 atom stereocenters. The zero-order valence-corrected chi connectivity index (χ0v) is 24.3. The van der Waals surface area contributed by atoms with Gasteiger partial charge >= 0.3 is 23.8 Å². The summed E-state index contributed by atoms with van der Waals surface area (Å²) in [7, 11) is 0. The third kappa shape index (κ3) is 10.4. The molecule has 0 fully saturated rings. The van der Waals surface area contributed by atoms with Crippen molar-refractivity contribution in [2.75, 3.05) is 13.2 Å². The number of hydrogen-bond donors (Lipinski definition) is 2. The standard InChI is InChI=1S/C30H39F2NO10/c1-19(2)22-10-6-7-11-23(22)25-16-21(18-42-20(3)35)12-13-24(25)26(28(36)37)17-27(43-33(39)40)30(31,32)29(38)41-15-9-5-4-8-14-34/h7,11-13,16,22-23,26-27,34H,1,4-6,8-10,14-15,17-18H2,2-3H3,(H,36,37)/t22-,23+,26?,27?/m0/s1. The number of halogens is 2. The van der Waals surface area contributed by atoms with Gasteiger partial charge in [-0.25, -0.2) is 4.79 Å². The second-order valence-electron chi connectivity index (χ2n) is 10.6. The third-order valence-corrected chi connectivity index (χ3v) is 7.31. The molecule has 11 nitrogen and oxygen atoms in total. The zero-order valence-electron chi connectivity index (χ0n) is 24.3. The number of esters is 2. The number of rotatable bonds is 18. The van der Waals surface area contributed by atoms with Crippen molar-refractivity contribution < 1.29 is 52.8 Å². The van der Waals surface area contributed by atoms with Gasteiger partial charge in [0.1, 0.15) is 6.61 Å². The predicted octanol–water partition coefficient (Wildman–Crippen LogP) is 5.24. The number of carbonyl (C=O) groups is 3. The lowest BCUT2D eigenvalue weighted by Crippen LogP contribution is -2.46. The van der Waals surface area contributed by atoms with Crippen LogP contribution in [0.4, 0.5) is 8.78 Å². The highest BCUT2D eigenvalue weighted by Crippen LogP contribution is 2.42. The number of carboxylic acid groups (broad SMARTS) is 1. The van der Waals surface area contributed by atoms with Crippen molar-refractivity contribution in [2.45, 2.75) is 89.3 Å². The first-order valence-electron chi connectivity index (χ1n) is 14.1. The fraction of sp³-hybridized carbons (Fsp3) is 0.567. The summed E-state index contributed by atoms with van der Waals surface area (Å²) >= 11 is 0. The van der Waals surface area contributed by atoms with Crippen LogP contribution in [-0.4, -0.2) is 58.4 Å². The number of aliphatic hydroxyl groups excluding tert-OH is 1. The molecule has 1 aliphatic rings. The highest BCUT2D eigenvalue weighted by Gasteiger charge is 2.53. The summed E-state index contributed by atoms with van der Waals surface area (Å²) < 4.78 is 40.3. The van der Waals surface area contributed by atoms with Crippen LogP contribution >= 0.6 is 0 Å². The van der Waals surface area contributed by atoms with Crippen LogP contribution in [0.2, 0.25) is 0 Å². The van der Waals surface area contributed by atoms with Crippen molar-refractivity contribution >= 4 is 17.9 Å². The summed E-state index contributed by atoms with van der Waals surface area (Å²) in [6, 6.07) is 4.50. The van der Waals surface area contributed by atoms with Crippen molar-refractivity contribution in [3.63, 3.8) is 0 Å². The predicted molar refractivity (Wildman–Crippen MR) is 150 cm³/mol. The largest absolute Gasteiger partial charge is 0.481 e. The molecule has 1 aromatic carbocycles. The number of ether oxygens (including phenoxy) is 2. The van der Waals surface area contributed by atoms with E-state index in [2.05, 4.69) is 16.2 Å². The maximum absolute atomic E-state index is 15.3. The molecular formula is C30H39F2NO10. The van der Waals surface area contributed by atoms with Crippen LogP contribution in [0.3, 0.4) is 0 Å². The number of aliphatic carboxylic acids is 1. The molecular weight excluding hydrogens is 572 g/mol. The average Bonchev–Trinajstić information content (AvgIpc) is 2.95. The van der Waals surface area contributed by atoms with Crippen LogP contribution in [-0.2, 0) is 35.3 Å². The number of carbonyl (C=O) groups excluding carboxylic acids is 2. The quantitative estimate of drug-likeness (QED) is 0.0738. The fourth-order valence-electron chi connectivity index (χ4n) is 5.11. The van der Waals surface area contributed by atoms with E-state index in [1.807, 2.05) is 19.1 Å². The number of benzene rings is 1. The molecule has 1 aliphatic carbocycles. The molecule has 0 aliphatic heterocycles. The molecule has 238 valence electrons. The molecule has 13 heteroatoms. The first kappa shape index (κ1) is 35.3. The van der Waals surface area contributed by atoms with Gasteiger partial charge in [0, 0.05) is 19.4 Å². The first-order chi connectivity index (χ1) is 20.3. The monoisotopic (exact) mass is 611 g/mol. The van der Waals surface area contributed by atoms with Crippen molar-refractivity contribution in [3.05, 3.63) is 69.3 Å². The second-order valence-corrected chi connectivity index (χ2v) is 10.6. The van der Waals surface area contributed by atoms with E-state index in [9.17, 15) is 29.6 Å². The minimum absolute atomic E-state index is 0.0377. The summed E-state index contributed by atoms with van der Waals surface area (Å²) in [5.74, 6) is -11.0. The van der Waals surface area contributed by atoms with Crippen LogP contribution in [0, 0.1) is 16.0 Å². The third-order valence-electron chi connectivity index (χ3n) is 7.31. The van der Waals surface area contributed by atoms with Crippen LogP contribution in [0.1, 0.15) is 87.3 Å². The Labute approximate surface area is 248 Å². The molecule has 0 heterocycles. The summed E-state index contributed by atoms with van der Waals surface area (Å²) in [5, 5.41) is 28.7. The fourth-order valence-corrected chi connectivity index (χ4v) is 5.11. The van der Waals surface area contributed by atoms with Crippen LogP contribution < -0.4 is 0 Å². The highest BCUT2D eigenvalue weighted by atomic mass is 19.3. The average molecular weight is 612 g/mol. The van der Waals surface area contributed by atoms with Gasteiger partial charge in [0.25, 0.3) is 5.09 Å². The number of aliphatic hydroxyl groups is 1. The van der Waals surface area contributed by atoms with E-state index in [1.54, 1.807) is 6.07 Å². The molecule has 0 spiro atoms. The Hall–Kier alpha value is -3.87. The number of unbranched alkanes of at least 4 members (excludes halogenated alkanes) is 3. The zero-order chi connectivity index (χ0) is 32.2. The molecule has 2 unspecified atom stereocenters. The first-order valence-corrected chi connectivity index (χ1v) is 14.1. The highest BCUT2D eigenvalue weighted by molar-refractivity contribution is 5.80. The van der Waals surface area contributed by atoms with E-state index in [-0.39, 0.29) is 31.1 Å². The second kappa shape index (κ2) is 16.7. The lowest BCUT2D eigenvalue weighted by molar-refractivity contribution is -0.773. The molecule has 2 N–H and O–H groups in total. The summed E-state index contributed by atoms with van der Waals surface area (Å²) in [4.78, 5) is 51.7. The van der Waals surface area contributed by atoms with Gasteiger partial charge in [-0.2, -0.15) is 8.78 Å². The molecule has 2 rings (SSSR count). The van der Waals surface area contributed by atoms with Crippen molar-refractivity contribution in [2.24, 2.45) is 5.92 Å². The van der Waals surface area contributed by atoms with E-state index in [0.29, 0.717) is 36.8 Å². The molecule has 0 bridgehead atoms. The van der Waals surface area contributed by atoms with E-state index < -0.39 is 59.9 Å². The van der Waals surface area contributed by atoms with Crippen molar-refractivity contribution in [3.8, 4) is 0 Å². The van der Waals surface area contributed by atoms with E-state index in [1.165, 1.54) is 19.1 Å². The SMILES string of the molecule is C=C(C)[C@@H]1CCC=C[C@H]1c1cc(COC(C)=O)ccc1C(CC(O[N+](=O)[O-])C(F)(F)C(=O)OCCCCCCO)C(=O)O. The van der Waals surface area contributed by atoms with Crippen LogP contribution in [0.25, 0.3) is 0 Å². The van der Waals surface area contributed by atoms with Gasteiger partial charge in [0.2, 0.25) is 0 Å². The van der Waals surface area contributed by atoms with Gasteiger partial charge in [-0.15, -0.1) is 10.1 Å². The van der Waals surface area contributed by atoms with E-state index >= 15 is 8.78 Å². The molecule has 0 amide bonds. The van der Waals surface area contributed by atoms with Crippen LogP contribution in [0.5, 0.6) is 0 Å². The van der Waals surface area contributed by atoms with Gasteiger partial charge in [0.15, 0.2) is 6.10 Å². The number of carboxylic acids is 1. The molecule has 0 saturated heterocycles. The normalized spacial score (nSPS) is 17.9. The number of hydrogen-bond acceptors (Lipinski definition) is 9. The number of alkyl halides is 2. The minimum Gasteiger partial charge on any atom is -0.481 e. The lowest BCUT2D eigenvalue weighted by atomic mass is 9.73. The van der Waals surface area contributed by atoms with Gasteiger partial charge in [0.05, 0.1) is 12.5 Å². The summed E-state index contributed by atoms with van der Waals surface area (Å²) in [5.41, 5.74) is 1.86. The Morgan fingerprint density at radius 3 is 2.47 bits per heavy atom. The van der Waals surface area contributed by atoms with Gasteiger partial charge < -0.3 is 24.5 Å². The Bertz CT molecular complexity index is 1190. The number of allylic oxidation sites excluding steroid dienone is 3. The maximum atomic E-state index is 15.3. The van der Waals surface area contributed by atoms with Gasteiger partial charge in [-0.05, 0) is 68.1 Å². The molecule has 0 saturated carbocycles. The van der Waals surface area contributed by atoms with Crippen LogP contribution in [0.15, 0.2) is 42.5 Å². The topological polar surface area (TPSA) is 162 Å². The van der Waals surface area contributed by atoms with Crippen molar-refractivity contribution in [1.29, 1.82) is 0 Å². The minimum atomic E-state index is -4.55. The van der Waals surface area contributed by atoms with Gasteiger partial charge in [-0.1, -0.05) is 48.9 Å².